The molecule has 1 saturated heterocycles. The molecule has 0 spiro atoms. The molecule has 2 heterocycles. The van der Waals surface area contributed by atoms with Crippen molar-refractivity contribution in [2.75, 3.05) is 13.1 Å². The number of carboxylic acids is 1. The number of aromatic carboxylic acids is 1. The van der Waals surface area contributed by atoms with Gasteiger partial charge in [0.1, 0.15) is 0 Å². The minimum Gasteiger partial charge on any atom is -0.478 e. The molecule has 1 aromatic carbocycles. The van der Waals surface area contributed by atoms with Crippen LogP contribution >= 0.6 is 0 Å². The zero-order chi connectivity index (χ0) is 15.5. The number of ketones is 1. The molecule has 1 aromatic heterocycles. The maximum atomic E-state index is 12.7. The van der Waals surface area contributed by atoms with Crippen molar-refractivity contribution in [2.45, 2.75) is 6.42 Å². The van der Waals surface area contributed by atoms with Gasteiger partial charge in [-0.1, -0.05) is 24.3 Å². The molecule has 1 atom stereocenters. The first-order valence-electron chi connectivity index (χ1n) is 7.21. The van der Waals surface area contributed by atoms with Crippen molar-refractivity contribution in [3.8, 4) is 11.3 Å². The first-order chi connectivity index (χ1) is 10.7. The molecule has 0 radical (unpaired) electrons. The average molecular weight is 296 g/mol. The van der Waals surface area contributed by atoms with E-state index in [0.29, 0.717) is 23.4 Å². The predicted molar refractivity (Wildman–Crippen MR) is 81.9 cm³/mol. The van der Waals surface area contributed by atoms with Gasteiger partial charge in [-0.15, -0.1) is 0 Å². The third-order valence-electron chi connectivity index (χ3n) is 3.92. The van der Waals surface area contributed by atoms with Gasteiger partial charge in [0, 0.05) is 29.8 Å². The van der Waals surface area contributed by atoms with Crippen LogP contribution in [0.25, 0.3) is 11.3 Å². The van der Waals surface area contributed by atoms with Crippen LogP contribution < -0.4 is 5.32 Å². The molecule has 5 nitrogen and oxygen atoms in total. The van der Waals surface area contributed by atoms with E-state index >= 15 is 0 Å². The normalized spacial score (nSPS) is 17.4. The smallest absolute Gasteiger partial charge is 0.337 e. The molecule has 0 saturated carbocycles. The van der Waals surface area contributed by atoms with Crippen molar-refractivity contribution in [2.24, 2.45) is 5.92 Å². The Morgan fingerprint density at radius 2 is 1.91 bits per heavy atom. The zero-order valence-electron chi connectivity index (χ0n) is 12.0. The van der Waals surface area contributed by atoms with Gasteiger partial charge in [-0.2, -0.15) is 0 Å². The number of carbonyl (C=O) groups is 2. The highest BCUT2D eigenvalue weighted by Crippen LogP contribution is 2.28. The molecule has 1 aliphatic rings. The van der Waals surface area contributed by atoms with Gasteiger partial charge in [-0.25, -0.2) is 4.79 Å². The molecule has 1 aliphatic heterocycles. The Kier molecular flexibility index (Phi) is 3.98. The highest BCUT2D eigenvalue weighted by molar-refractivity contribution is 6.06. The van der Waals surface area contributed by atoms with E-state index in [4.69, 9.17) is 0 Å². The Balaban J connectivity index is 2.09. The summed E-state index contributed by atoms with van der Waals surface area (Å²) in [5.41, 5.74) is 1.56. The second-order valence-electron chi connectivity index (χ2n) is 5.30. The van der Waals surface area contributed by atoms with E-state index in [9.17, 15) is 14.7 Å². The monoisotopic (exact) mass is 296 g/mol. The fraction of sp³-hybridized carbons (Fsp3) is 0.235. The summed E-state index contributed by atoms with van der Waals surface area (Å²) in [5, 5.41) is 12.5. The number of benzene rings is 1. The highest BCUT2D eigenvalue weighted by atomic mass is 16.4. The fourth-order valence-corrected chi connectivity index (χ4v) is 2.80. The second kappa shape index (κ2) is 6.07. The number of carbonyl (C=O) groups excluding carboxylic acids is 1. The Bertz CT molecular complexity index is 721. The van der Waals surface area contributed by atoms with Crippen molar-refractivity contribution >= 4 is 11.8 Å². The minimum atomic E-state index is -1.05. The van der Waals surface area contributed by atoms with Crippen LogP contribution in [0.4, 0.5) is 0 Å². The van der Waals surface area contributed by atoms with Crippen molar-refractivity contribution in [1.29, 1.82) is 0 Å². The third-order valence-corrected chi connectivity index (χ3v) is 3.92. The van der Waals surface area contributed by atoms with Crippen LogP contribution in [0.2, 0.25) is 0 Å². The first kappa shape index (κ1) is 14.4. The van der Waals surface area contributed by atoms with Crippen LogP contribution in [0.1, 0.15) is 27.1 Å². The van der Waals surface area contributed by atoms with E-state index in [-0.39, 0.29) is 17.3 Å². The van der Waals surface area contributed by atoms with Crippen LogP contribution in [0.5, 0.6) is 0 Å². The average Bonchev–Trinajstić information content (AvgIpc) is 3.08. The van der Waals surface area contributed by atoms with Gasteiger partial charge >= 0.3 is 5.97 Å². The highest BCUT2D eigenvalue weighted by Gasteiger charge is 2.26. The summed E-state index contributed by atoms with van der Waals surface area (Å²) >= 11 is 0. The van der Waals surface area contributed by atoms with Gasteiger partial charge < -0.3 is 10.4 Å². The number of aromatic nitrogens is 1. The lowest BCUT2D eigenvalue weighted by molar-refractivity contribution is 0.0697. The van der Waals surface area contributed by atoms with Crippen LogP contribution in [0, 0.1) is 5.92 Å². The van der Waals surface area contributed by atoms with Crippen molar-refractivity contribution in [3.63, 3.8) is 0 Å². The van der Waals surface area contributed by atoms with E-state index in [1.807, 2.05) is 0 Å². The van der Waals surface area contributed by atoms with E-state index in [1.165, 1.54) is 6.07 Å². The zero-order valence-corrected chi connectivity index (χ0v) is 12.0. The minimum absolute atomic E-state index is 0.0441. The summed E-state index contributed by atoms with van der Waals surface area (Å²) in [6.07, 6.45) is 2.35. The lowest BCUT2D eigenvalue weighted by atomic mass is 9.91. The van der Waals surface area contributed by atoms with Crippen molar-refractivity contribution < 1.29 is 14.7 Å². The largest absolute Gasteiger partial charge is 0.478 e. The Labute approximate surface area is 128 Å². The van der Waals surface area contributed by atoms with Gasteiger partial charge in [0.05, 0.1) is 11.3 Å². The molecule has 2 N–H and O–H groups in total. The molecule has 3 rings (SSSR count). The van der Waals surface area contributed by atoms with Gasteiger partial charge in [0.25, 0.3) is 0 Å². The number of pyridine rings is 1. The molecule has 1 fully saturated rings. The molecule has 2 aromatic rings. The number of Topliss-reactive ketones (excluding diaryl/α,β-unsaturated/α-hetero) is 1. The lowest BCUT2D eigenvalue weighted by Gasteiger charge is -2.13. The number of nitrogens with zero attached hydrogens (tertiary/aromatic N) is 1. The molecule has 112 valence electrons. The summed E-state index contributed by atoms with van der Waals surface area (Å²) in [5.74, 6) is -1.06. The van der Waals surface area contributed by atoms with Crippen LogP contribution in [0.3, 0.4) is 0 Å². The Morgan fingerprint density at radius 3 is 2.64 bits per heavy atom. The van der Waals surface area contributed by atoms with Crippen molar-refractivity contribution in [1.82, 2.24) is 10.3 Å². The van der Waals surface area contributed by atoms with E-state index in [0.717, 1.165) is 13.0 Å². The maximum absolute atomic E-state index is 12.7. The fourth-order valence-electron chi connectivity index (χ4n) is 2.80. The summed E-state index contributed by atoms with van der Waals surface area (Å²) in [6, 6.07) is 10.2. The number of hydrogen-bond donors (Lipinski definition) is 2. The third kappa shape index (κ3) is 2.63. The number of hydrogen-bond acceptors (Lipinski definition) is 4. The van der Waals surface area contributed by atoms with Gasteiger partial charge in [0.15, 0.2) is 5.78 Å². The summed E-state index contributed by atoms with van der Waals surface area (Å²) < 4.78 is 0. The Morgan fingerprint density at radius 1 is 1.14 bits per heavy atom. The molecular formula is C17H16N2O3. The molecule has 0 bridgehead atoms. The number of rotatable bonds is 4. The summed E-state index contributed by atoms with van der Waals surface area (Å²) in [4.78, 5) is 28.3. The van der Waals surface area contributed by atoms with Crippen LogP contribution in [0.15, 0.2) is 42.6 Å². The predicted octanol–water partition coefficient (Wildman–Crippen LogP) is 2.24. The quantitative estimate of drug-likeness (QED) is 0.846. The maximum Gasteiger partial charge on any atom is 0.337 e. The summed E-state index contributed by atoms with van der Waals surface area (Å²) in [7, 11) is 0. The van der Waals surface area contributed by atoms with E-state index in [2.05, 4.69) is 10.3 Å². The topological polar surface area (TPSA) is 79.3 Å². The molecule has 5 heteroatoms. The molecule has 0 aliphatic carbocycles. The molecule has 0 amide bonds. The van der Waals surface area contributed by atoms with Gasteiger partial charge in [-0.3, -0.25) is 9.78 Å². The molecule has 22 heavy (non-hydrogen) atoms. The van der Waals surface area contributed by atoms with Gasteiger partial charge in [0.2, 0.25) is 0 Å². The van der Waals surface area contributed by atoms with E-state index in [1.54, 1.807) is 36.5 Å². The van der Waals surface area contributed by atoms with Crippen LogP contribution in [-0.4, -0.2) is 34.9 Å². The SMILES string of the molecule is O=C(O)c1cccnc1-c1ccccc1C(=O)C1CCNC1. The second-order valence-corrected chi connectivity index (χ2v) is 5.30. The molecular weight excluding hydrogens is 280 g/mol. The van der Waals surface area contributed by atoms with Crippen molar-refractivity contribution in [3.05, 3.63) is 53.7 Å². The number of carboxylic acid groups (broad SMARTS) is 1. The number of nitrogens with one attached hydrogen (secondary N) is 1. The lowest BCUT2D eigenvalue weighted by Crippen LogP contribution is -2.19. The van der Waals surface area contributed by atoms with Crippen LogP contribution in [-0.2, 0) is 0 Å². The molecule has 1 unspecified atom stereocenters. The first-order valence-corrected chi connectivity index (χ1v) is 7.21. The van der Waals surface area contributed by atoms with E-state index < -0.39 is 5.97 Å². The summed E-state index contributed by atoms with van der Waals surface area (Å²) in [6.45, 7) is 1.50. The Hall–Kier alpha value is -2.53. The standard InChI is InChI=1S/C17H16N2O3/c20-16(11-7-9-18-10-11)13-5-2-1-4-12(13)15-14(17(21)22)6-3-8-19-15/h1-6,8,11,18H,7,9-10H2,(H,21,22). The van der Waals surface area contributed by atoms with Gasteiger partial charge in [-0.05, 0) is 25.1 Å².